The van der Waals surface area contributed by atoms with Crippen LogP contribution in [0.2, 0.25) is 0 Å². The van der Waals surface area contributed by atoms with Gasteiger partial charge in [-0.2, -0.15) is 0 Å². The quantitative estimate of drug-likeness (QED) is 0.388. The number of hydrogen-bond acceptors (Lipinski definition) is 10. The third kappa shape index (κ3) is 5.57. The fraction of sp³-hybridized carbons (Fsp3) is 1.00. The molecule has 184 valence electrons. The van der Waals surface area contributed by atoms with Gasteiger partial charge in [0.15, 0.2) is 0 Å². The number of methoxy groups -OCH3 is 8. The zero-order valence-corrected chi connectivity index (χ0v) is 20.0. The predicted molar refractivity (Wildman–Crippen MR) is 110 cm³/mol. The van der Waals surface area contributed by atoms with Crippen molar-refractivity contribution < 1.29 is 47.4 Å². The van der Waals surface area contributed by atoms with E-state index in [2.05, 4.69) is 0 Å². The highest BCUT2D eigenvalue weighted by Crippen LogP contribution is 2.42. The summed E-state index contributed by atoms with van der Waals surface area (Å²) in [4.78, 5) is 0. The largest absolute Gasteiger partial charge is 0.382 e. The van der Waals surface area contributed by atoms with Crippen molar-refractivity contribution >= 4 is 0 Å². The first-order valence-corrected chi connectivity index (χ1v) is 10.4. The number of ether oxygens (including phenoxy) is 10. The van der Waals surface area contributed by atoms with Crippen LogP contribution in [0.25, 0.3) is 0 Å². The summed E-state index contributed by atoms with van der Waals surface area (Å²) in [5, 5.41) is 0. The Morgan fingerprint density at radius 3 is 1.61 bits per heavy atom. The first-order chi connectivity index (χ1) is 15.0. The lowest BCUT2D eigenvalue weighted by molar-refractivity contribution is -0.264. The lowest BCUT2D eigenvalue weighted by atomic mass is 9.83. The highest BCUT2D eigenvalue weighted by molar-refractivity contribution is 5.07. The Labute approximate surface area is 185 Å². The van der Waals surface area contributed by atoms with Gasteiger partial charge in [-0.3, -0.25) is 0 Å². The van der Waals surface area contributed by atoms with E-state index in [9.17, 15) is 0 Å². The zero-order chi connectivity index (χ0) is 23.0. The van der Waals surface area contributed by atoms with Crippen LogP contribution in [0.1, 0.15) is 6.42 Å². The van der Waals surface area contributed by atoms with E-state index in [1.54, 1.807) is 56.9 Å². The second kappa shape index (κ2) is 12.7. The molecule has 2 rings (SSSR count). The Kier molecular flexibility index (Phi) is 11.0. The molecule has 2 heterocycles. The normalized spacial score (nSPS) is 41.0. The highest BCUT2D eigenvalue weighted by atomic mass is 16.6. The molecule has 0 aromatic heterocycles. The van der Waals surface area contributed by atoms with E-state index in [0.29, 0.717) is 19.6 Å². The molecule has 0 aliphatic carbocycles. The fourth-order valence-corrected chi connectivity index (χ4v) is 5.06. The third-order valence-electron chi connectivity index (χ3n) is 6.24. The van der Waals surface area contributed by atoms with Crippen molar-refractivity contribution in [1.29, 1.82) is 0 Å². The van der Waals surface area contributed by atoms with Gasteiger partial charge in [-0.1, -0.05) is 0 Å². The SMILES string of the molecule is COCC1OC(CC2(COC)OC(COC)C(OC)C2OC)C(OC)C(OC)C1OC. The van der Waals surface area contributed by atoms with Crippen LogP contribution in [0.15, 0.2) is 0 Å². The van der Waals surface area contributed by atoms with Gasteiger partial charge >= 0.3 is 0 Å². The van der Waals surface area contributed by atoms with Crippen LogP contribution < -0.4 is 0 Å². The maximum absolute atomic E-state index is 6.51. The van der Waals surface area contributed by atoms with Crippen molar-refractivity contribution in [3.63, 3.8) is 0 Å². The standard InChI is InChI=1S/C21H40O10/c1-22-10-14-17(26-5)19(28-7)16(25-4)13(30-14)9-21(12-24-3)20(29-8)18(27-6)15(31-21)11-23-2/h13-20H,9-12H2,1-8H3. The fourth-order valence-electron chi connectivity index (χ4n) is 5.06. The molecule has 2 aliphatic heterocycles. The van der Waals surface area contributed by atoms with Crippen molar-refractivity contribution in [2.24, 2.45) is 0 Å². The van der Waals surface area contributed by atoms with Gasteiger partial charge in [0, 0.05) is 63.3 Å². The Balaban J connectivity index is 2.38. The summed E-state index contributed by atoms with van der Waals surface area (Å²) in [6, 6.07) is 0. The Morgan fingerprint density at radius 1 is 0.581 bits per heavy atom. The first kappa shape index (κ1) is 26.8. The average Bonchev–Trinajstić information content (AvgIpc) is 3.05. The maximum Gasteiger partial charge on any atom is 0.123 e. The van der Waals surface area contributed by atoms with Gasteiger partial charge in [0.25, 0.3) is 0 Å². The van der Waals surface area contributed by atoms with E-state index in [0.717, 1.165) is 0 Å². The van der Waals surface area contributed by atoms with Gasteiger partial charge in [0.2, 0.25) is 0 Å². The second-order valence-corrected chi connectivity index (χ2v) is 7.94. The van der Waals surface area contributed by atoms with Crippen molar-refractivity contribution in [3.05, 3.63) is 0 Å². The van der Waals surface area contributed by atoms with E-state index in [4.69, 9.17) is 47.4 Å². The van der Waals surface area contributed by atoms with Gasteiger partial charge < -0.3 is 47.4 Å². The molecule has 9 unspecified atom stereocenters. The van der Waals surface area contributed by atoms with Crippen LogP contribution in [0.3, 0.4) is 0 Å². The molecule has 0 bridgehead atoms. The third-order valence-corrected chi connectivity index (χ3v) is 6.24. The van der Waals surface area contributed by atoms with Crippen molar-refractivity contribution in [2.45, 2.75) is 60.9 Å². The highest BCUT2D eigenvalue weighted by Gasteiger charge is 2.59. The van der Waals surface area contributed by atoms with Gasteiger partial charge in [0.1, 0.15) is 48.3 Å². The van der Waals surface area contributed by atoms with E-state index >= 15 is 0 Å². The summed E-state index contributed by atoms with van der Waals surface area (Å²) in [5.74, 6) is 0. The summed E-state index contributed by atoms with van der Waals surface area (Å²) in [5.41, 5.74) is -0.843. The monoisotopic (exact) mass is 452 g/mol. The van der Waals surface area contributed by atoms with Crippen LogP contribution in [-0.4, -0.2) is 131 Å². The molecule has 0 aromatic carbocycles. The van der Waals surface area contributed by atoms with Gasteiger partial charge in [-0.25, -0.2) is 0 Å². The van der Waals surface area contributed by atoms with E-state index in [1.807, 2.05) is 0 Å². The number of rotatable bonds is 13. The molecule has 2 aliphatic rings. The van der Waals surface area contributed by atoms with Crippen molar-refractivity contribution in [1.82, 2.24) is 0 Å². The summed E-state index contributed by atoms with van der Waals surface area (Å²) in [6.07, 6.45) is -2.47. The molecule has 10 nitrogen and oxygen atoms in total. The second-order valence-electron chi connectivity index (χ2n) is 7.94. The molecule has 10 heteroatoms. The number of hydrogen-bond donors (Lipinski definition) is 0. The van der Waals surface area contributed by atoms with Crippen molar-refractivity contribution in [2.75, 3.05) is 76.7 Å². The van der Waals surface area contributed by atoms with Crippen molar-refractivity contribution in [3.8, 4) is 0 Å². The lowest BCUT2D eigenvalue weighted by Crippen LogP contribution is -2.63. The molecule has 0 spiro atoms. The molecule has 2 saturated heterocycles. The Morgan fingerprint density at radius 2 is 1.13 bits per heavy atom. The van der Waals surface area contributed by atoms with Crippen LogP contribution >= 0.6 is 0 Å². The summed E-state index contributed by atoms with van der Waals surface area (Å²) in [6.45, 7) is 0.994. The smallest absolute Gasteiger partial charge is 0.123 e. The van der Waals surface area contributed by atoms with Crippen LogP contribution in [0.5, 0.6) is 0 Å². The molecule has 2 fully saturated rings. The topological polar surface area (TPSA) is 92.3 Å². The molecule has 0 saturated carbocycles. The summed E-state index contributed by atoms with van der Waals surface area (Å²) >= 11 is 0. The summed E-state index contributed by atoms with van der Waals surface area (Å²) < 4.78 is 58.2. The van der Waals surface area contributed by atoms with E-state index in [-0.39, 0.29) is 37.1 Å². The Hall–Kier alpha value is -0.400. The predicted octanol–water partition coefficient (Wildman–Crippen LogP) is 0.296. The minimum atomic E-state index is -0.843. The van der Waals surface area contributed by atoms with Gasteiger partial charge in [-0.05, 0) is 0 Å². The average molecular weight is 453 g/mol. The minimum Gasteiger partial charge on any atom is -0.382 e. The maximum atomic E-state index is 6.51. The molecule has 31 heavy (non-hydrogen) atoms. The molecule has 9 atom stereocenters. The molecular weight excluding hydrogens is 412 g/mol. The Bertz CT molecular complexity index is 509. The minimum absolute atomic E-state index is 0.280. The summed E-state index contributed by atoms with van der Waals surface area (Å²) in [7, 11) is 13.1. The zero-order valence-electron chi connectivity index (χ0n) is 20.0. The first-order valence-electron chi connectivity index (χ1n) is 10.4. The van der Waals surface area contributed by atoms with Gasteiger partial charge in [-0.15, -0.1) is 0 Å². The molecule has 0 N–H and O–H groups in total. The molecule has 0 radical (unpaired) electrons. The van der Waals surface area contributed by atoms with Gasteiger partial charge in [0.05, 0.1) is 25.9 Å². The van der Waals surface area contributed by atoms with Crippen LogP contribution in [0, 0.1) is 0 Å². The van der Waals surface area contributed by atoms with E-state index in [1.165, 1.54) is 0 Å². The lowest BCUT2D eigenvalue weighted by Gasteiger charge is -2.47. The van der Waals surface area contributed by atoms with E-state index < -0.39 is 23.9 Å². The molecule has 0 aromatic rings. The van der Waals surface area contributed by atoms with Crippen LogP contribution in [-0.2, 0) is 47.4 Å². The molecular formula is C21H40O10. The van der Waals surface area contributed by atoms with Crippen LogP contribution in [0.4, 0.5) is 0 Å². The molecule has 0 amide bonds.